The molecule has 1 aromatic carbocycles. The molecule has 0 atom stereocenters. The number of rotatable bonds is 6. The Labute approximate surface area is 134 Å². The SMILES string of the molecule is Cc1ccc(-n2cnc(C(=O)NCCCn3ccnc3)n2)cc1. The maximum atomic E-state index is 12.0. The first-order chi connectivity index (χ1) is 11.2. The van der Waals surface area contributed by atoms with Gasteiger partial charge in [0.15, 0.2) is 0 Å². The van der Waals surface area contributed by atoms with Gasteiger partial charge in [-0.05, 0) is 25.5 Å². The zero-order chi connectivity index (χ0) is 16.1. The molecule has 1 N–H and O–H groups in total. The van der Waals surface area contributed by atoms with E-state index < -0.39 is 0 Å². The lowest BCUT2D eigenvalue weighted by molar-refractivity contribution is 0.0942. The zero-order valence-electron chi connectivity index (χ0n) is 12.9. The van der Waals surface area contributed by atoms with E-state index in [0.717, 1.165) is 18.7 Å². The number of benzene rings is 1. The van der Waals surface area contributed by atoms with Gasteiger partial charge in [0.2, 0.25) is 5.82 Å². The van der Waals surface area contributed by atoms with Gasteiger partial charge in [-0.3, -0.25) is 4.79 Å². The van der Waals surface area contributed by atoms with Gasteiger partial charge in [0.25, 0.3) is 5.91 Å². The minimum absolute atomic E-state index is 0.174. The molecule has 0 aliphatic carbocycles. The Morgan fingerprint density at radius 2 is 2.04 bits per heavy atom. The fraction of sp³-hybridized carbons (Fsp3) is 0.250. The van der Waals surface area contributed by atoms with Crippen molar-refractivity contribution in [2.75, 3.05) is 6.54 Å². The smallest absolute Gasteiger partial charge is 0.290 e. The molecule has 0 fully saturated rings. The van der Waals surface area contributed by atoms with Crippen LogP contribution in [0.1, 0.15) is 22.6 Å². The van der Waals surface area contributed by atoms with Crippen LogP contribution in [-0.2, 0) is 6.54 Å². The molecule has 1 amide bonds. The van der Waals surface area contributed by atoms with Crippen LogP contribution < -0.4 is 5.32 Å². The third-order valence-electron chi connectivity index (χ3n) is 3.43. The summed E-state index contributed by atoms with van der Waals surface area (Å²) in [6.45, 7) is 3.40. The van der Waals surface area contributed by atoms with E-state index in [2.05, 4.69) is 20.4 Å². The Kier molecular flexibility index (Phi) is 4.46. The van der Waals surface area contributed by atoms with Gasteiger partial charge < -0.3 is 9.88 Å². The van der Waals surface area contributed by atoms with Gasteiger partial charge in [-0.1, -0.05) is 17.7 Å². The number of aromatic nitrogens is 5. The summed E-state index contributed by atoms with van der Waals surface area (Å²) >= 11 is 0. The summed E-state index contributed by atoms with van der Waals surface area (Å²) in [6, 6.07) is 7.87. The van der Waals surface area contributed by atoms with E-state index >= 15 is 0 Å². The van der Waals surface area contributed by atoms with E-state index in [1.54, 1.807) is 23.5 Å². The van der Waals surface area contributed by atoms with E-state index in [4.69, 9.17) is 0 Å². The molecule has 3 rings (SSSR count). The quantitative estimate of drug-likeness (QED) is 0.701. The Bertz CT molecular complexity index is 760. The number of imidazole rings is 1. The highest BCUT2D eigenvalue weighted by molar-refractivity contribution is 5.90. The van der Waals surface area contributed by atoms with Crippen LogP contribution >= 0.6 is 0 Å². The standard InChI is InChI=1S/C16H18N6O/c1-13-3-5-14(6-4-13)22-12-19-15(20-22)16(23)18-7-2-9-21-10-8-17-11-21/h3-6,8,10-12H,2,7,9H2,1H3,(H,18,23). The molecular formula is C16H18N6O. The van der Waals surface area contributed by atoms with Gasteiger partial charge in [-0.25, -0.2) is 14.6 Å². The third kappa shape index (κ3) is 3.82. The highest BCUT2D eigenvalue weighted by atomic mass is 16.2. The predicted molar refractivity (Wildman–Crippen MR) is 85.3 cm³/mol. The summed E-state index contributed by atoms with van der Waals surface area (Å²) in [4.78, 5) is 20.1. The molecule has 23 heavy (non-hydrogen) atoms. The molecule has 0 radical (unpaired) electrons. The largest absolute Gasteiger partial charge is 0.349 e. The van der Waals surface area contributed by atoms with E-state index in [1.165, 1.54) is 5.56 Å². The average Bonchev–Trinajstić information content (AvgIpc) is 3.24. The lowest BCUT2D eigenvalue weighted by Crippen LogP contribution is -2.26. The molecule has 118 valence electrons. The number of nitrogens with one attached hydrogen (secondary N) is 1. The molecule has 0 saturated heterocycles. The van der Waals surface area contributed by atoms with Crippen LogP contribution in [0.4, 0.5) is 0 Å². The van der Waals surface area contributed by atoms with E-state index in [0.29, 0.717) is 6.54 Å². The minimum atomic E-state index is -0.263. The second-order valence-electron chi connectivity index (χ2n) is 5.26. The van der Waals surface area contributed by atoms with E-state index in [9.17, 15) is 4.79 Å². The van der Waals surface area contributed by atoms with E-state index in [-0.39, 0.29) is 11.7 Å². The second kappa shape index (κ2) is 6.87. The maximum Gasteiger partial charge on any atom is 0.290 e. The van der Waals surface area contributed by atoms with Crippen LogP contribution in [0.25, 0.3) is 5.69 Å². The highest BCUT2D eigenvalue weighted by Gasteiger charge is 2.11. The normalized spacial score (nSPS) is 10.7. The maximum absolute atomic E-state index is 12.0. The topological polar surface area (TPSA) is 77.6 Å². The van der Waals surface area contributed by atoms with Crippen molar-refractivity contribution in [2.24, 2.45) is 0 Å². The summed E-state index contributed by atoms with van der Waals surface area (Å²) in [5.41, 5.74) is 2.05. The number of carbonyl (C=O) groups excluding carboxylic acids is 1. The number of hydrogen-bond acceptors (Lipinski definition) is 4. The molecule has 2 heterocycles. The minimum Gasteiger partial charge on any atom is -0.349 e. The number of nitrogens with zero attached hydrogens (tertiary/aromatic N) is 5. The molecular weight excluding hydrogens is 292 g/mol. The first-order valence-corrected chi connectivity index (χ1v) is 7.45. The Morgan fingerprint density at radius 3 is 2.78 bits per heavy atom. The summed E-state index contributed by atoms with van der Waals surface area (Å²) in [5.74, 6) is -0.0882. The first kappa shape index (κ1) is 15.0. The summed E-state index contributed by atoms with van der Waals surface area (Å²) in [6.07, 6.45) is 7.76. The molecule has 0 unspecified atom stereocenters. The van der Waals surface area contributed by atoms with Crippen molar-refractivity contribution in [3.8, 4) is 5.69 Å². The van der Waals surface area contributed by atoms with Crippen molar-refractivity contribution in [1.82, 2.24) is 29.6 Å². The molecule has 0 aliphatic rings. The molecule has 3 aromatic rings. The Morgan fingerprint density at radius 1 is 1.22 bits per heavy atom. The van der Waals surface area contributed by atoms with Crippen molar-refractivity contribution < 1.29 is 4.79 Å². The first-order valence-electron chi connectivity index (χ1n) is 7.45. The van der Waals surface area contributed by atoms with Gasteiger partial charge in [-0.15, -0.1) is 5.10 Å². The van der Waals surface area contributed by atoms with Crippen molar-refractivity contribution in [3.63, 3.8) is 0 Å². The van der Waals surface area contributed by atoms with Crippen molar-refractivity contribution in [3.05, 3.63) is 60.7 Å². The number of hydrogen-bond donors (Lipinski definition) is 1. The lowest BCUT2D eigenvalue weighted by Gasteiger charge is -2.03. The van der Waals surface area contributed by atoms with Crippen LogP contribution in [0.15, 0.2) is 49.3 Å². The fourth-order valence-electron chi connectivity index (χ4n) is 2.15. The van der Waals surface area contributed by atoms with Gasteiger partial charge in [0, 0.05) is 25.5 Å². The summed E-state index contributed by atoms with van der Waals surface area (Å²) in [5, 5.41) is 7.04. The number of carbonyl (C=O) groups is 1. The van der Waals surface area contributed by atoms with Crippen LogP contribution in [-0.4, -0.2) is 36.8 Å². The molecule has 0 aliphatic heterocycles. The molecule has 7 heteroatoms. The Balaban J connectivity index is 1.52. The zero-order valence-corrected chi connectivity index (χ0v) is 12.9. The summed E-state index contributed by atoms with van der Waals surface area (Å²) in [7, 11) is 0. The van der Waals surface area contributed by atoms with Gasteiger partial charge in [0.05, 0.1) is 12.0 Å². The van der Waals surface area contributed by atoms with Crippen LogP contribution in [0.3, 0.4) is 0 Å². The molecule has 0 bridgehead atoms. The van der Waals surface area contributed by atoms with Gasteiger partial charge >= 0.3 is 0 Å². The van der Waals surface area contributed by atoms with Crippen molar-refractivity contribution in [2.45, 2.75) is 19.9 Å². The summed E-state index contributed by atoms with van der Waals surface area (Å²) < 4.78 is 3.57. The number of aryl methyl sites for hydroxylation is 2. The molecule has 0 spiro atoms. The highest BCUT2D eigenvalue weighted by Crippen LogP contribution is 2.07. The van der Waals surface area contributed by atoms with Gasteiger partial charge in [0.1, 0.15) is 6.33 Å². The molecule has 0 saturated carbocycles. The monoisotopic (exact) mass is 310 g/mol. The predicted octanol–water partition coefficient (Wildman–Crippen LogP) is 1.59. The fourth-order valence-corrected chi connectivity index (χ4v) is 2.15. The number of amides is 1. The molecule has 2 aromatic heterocycles. The third-order valence-corrected chi connectivity index (χ3v) is 3.43. The molecule has 7 nitrogen and oxygen atoms in total. The average molecular weight is 310 g/mol. The van der Waals surface area contributed by atoms with Gasteiger partial charge in [-0.2, -0.15) is 0 Å². The van der Waals surface area contributed by atoms with Crippen molar-refractivity contribution in [1.29, 1.82) is 0 Å². The van der Waals surface area contributed by atoms with Crippen LogP contribution in [0.5, 0.6) is 0 Å². The van der Waals surface area contributed by atoms with Crippen molar-refractivity contribution >= 4 is 5.91 Å². The lowest BCUT2D eigenvalue weighted by atomic mass is 10.2. The second-order valence-corrected chi connectivity index (χ2v) is 5.26. The Hall–Kier alpha value is -2.96. The van der Waals surface area contributed by atoms with Crippen LogP contribution in [0.2, 0.25) is 0 Å². The van der Waals surface area contributed by atoms with Crippen LogP contribution in [0, 0.1) is 6.92 Å². The van der Waals surface area contributed by atoms with E-state index in [1.807, 2.05) is 42.0 Å².